The van der Waals surface area contributed by atoms with Crippen molar-refractivity contribution < 1.29 is 27.9 Å². The van der Waals surface area contributed by atoms with Gasteiger partial charge in [-0.05, 0) is 26.7 Å². The number of carbonyl (C=O) groups is 2. The summed E-state index contributed by atoms with van der Waals surface area (Å²) in [6.45, 7) is 4.03. The van der Waals surface area contributed by atoms with Gasteiger partial charge in [-0.25, -0.2) is 13.1 Å². The van der Waals surface area contributed by atoms with Gasteiger partial charge in [0.1, 0.15) is 0 Å². The SMILES string of the molecule is CCOCCS(=O)(=O)NCC(=O)N1CCC[C@H](C(=O)O)[C@@H]1C. The smallest absolute Gasteiger partial charge is 0.308 e. The van der Waals surface area contributed by atoms with Gasteiger partial charge in [0.25, 0.3) is 0 Å². The number of sulfonamides is 1. The van der Waals surface area contributed by atoms with Crippen LogP contribution in [0.2, 0.25) is 0 Å². The van der Waals surface area contributed by atoms with E-state index in [1.165, 1.54) is 4.90 Å². The van der Waals surface area contributed by atoms with E-state index in [9.17, 15) is 18.0 Å². The van der Waals surface area contributed by atoms with Crippen molar-refractivity contribution >= 4 is 21.9 Å². The standard InChI is InChI=1S/C13H24N2O6S/c1-3-21-7-8-22(19,20)14-9-12(16)15-6-4-5-11(10(15)2)13(17)18/h10-11,14H,3-9H2,1-2H3,(H,17,18)/t10-,11-/m0/s1. The fourth-order valence-corrected chi connectivity index (χ4v) is 3.31. The van der Waals surface area contributed by atoms with Crippen molar-refractivity contribution in [1.82, 2.24) is 9.62 Å². The Kier molecular flexibility index (Phi) is 7.24. The number of amides is 1. The predicted molar refractivity (Wildman–Crippen MR) is 79.8 cm³/mol. The number of carboxylic acid groups (broad SMARTS) is 1. The molecule has 0 aromatic carbocycles. The Bertz CT molecular complexity index is 493. The summed E-state index contributed by atoms with van der Waals surface area (Å²) in [4.78, 5) is 24.7. The van der Waals surface area contributed by atoms with Crippen molar-refractivity contribution in [3.8, 4) is 0 Å². The quantitative estimate of drug-likeness (QED) is 0.586. The fourth-order valence-electron chi connectivity index (χ4n) is 2.48. The van der Waals surface area contributed by atoms with Crippen LogP contribution in [0.25, 0.3) is 0 Å². The lowest BCUT2D eigenvalue weighted by Gasteiger charge is -2.37. The molecule has 2 N–H and O–H groups in total. The fraction of sp³-hybridized carbons (Fsp3) is 0.846. The van der Waals surface area contributed by atoms with E-state index in [0.717, 1.165) is 0 Å². The van der Waals surface area contributed by atoms with Crippen LogP contribution in [-0.4, -0.2) is 68.4 Å². The topological polar surface area (TPSA) is 113 Å². The third-order valence-corrected chi connectivity index (χ3v) is 5.06. The summed E-state index contributed by atoms with van der Waals surface area (Å²) >= 11 is 0. The second-order valence-electron chi connectivity index (χ2n) is 5.25. The number of nitrogens with one attached hydrogen (secondary N) is 1. The average Bonchev–Trinajstić information content (AvgIpc) is 2.45. The summed E-state index contributed by atoms with van der Waals surface area (Å²) in [5.74, 6) is -2.14. The van der Waals surface area contributed by atoms with Crippen LogP contribution < -0.4 is 4.72 Å². The second kappa shape index (κ2) is 8.44. The van der Waals surface area contributed by atoms with E-state index >= 15 is 0 Å². The number of ether oxygens (including phenoxy) is 1. The number of piperidine rings is 1. The monoisotopic (exact) mass is 336 g/mol. The number of hydrogen-bond acceptors (Lipinski definition) is 5. The number of rotatable bonds is 8. The minimum absolute atomic E-state index is 0.0707. The molecule has 0 bridgehead atoms. The van der Waals surface area contributed by atoms with E-state index in [1.54, 1.807) is 13.8 Å². The van der Waals surface area contributed by atoms with Gasteiger partial charge in [-0.3, -0.25) is 9.59 Å². The van der Waals surface area contributed by atoms with Gasteiger partial charge in [0.2, 0.25) is 15.9 Å². The number of hydrogen-bond donors (Lipinski definition) is 2. The third-order valence-electron chi connectivity index (χ3n) is 3.77. The van der Waals surface area contributed by atoms with Gasteiger partial charge in [-0.1, -0.05) is 0 Å². The van der Waals surface area contributed by atoms with E-state index in [0.29, 0.717) is 26.0 Å². The molecule has 0 aromatic heterocycles. The van der Waals surface area contributed by atoms with Gasteiger partial charge in [0.05, 0.1) is 24.8 Å². The number of aliphatic carboxylic acids is 1. The first-order chi connectivity index (χ1) is 10.3. The number of nitrogens with zero attached hydrogens (tertiary/aromatic N) is 1. The number of carboxylic acids is 1. The van der Waals surface area contributed by atoms with Gasteiger partial charge in [0, 0.05) is 19.2 Å². The van der Waals surface area contributed by atoms with E-state index in [2.05, 4.69) is 4.72 Å². The largest absolute Gasteiger partial charge is 0.481 e. The van der Waals surface area contributed by atoms with Crippen LogP contribution in [0.5, 0.6) is 0 Å². The zero-order valence-electron chi connectivity index (χ0n) is 12.9. The lowest BCUT2D eigenvalue weighted by Crippen LogP contribution is -2.52. The molecule has 0 saturated carbocycles. The zero-order chi connectivity index (χ0) is 16.8. The third kappa shape index (κ3) is 5.54. The molecule has 1 aliphatic heterocycles. The van der Waals surface area contributed by atoms with Crippen LogP contribution in [0.4, 0.5) is 0 Å². The first-order valence-electron chi connectivity index (χ1n) is 7.36. The van der Waals surface area contributed by atoms with Crippen LogP contribution in [0.3, 0.4) is 0 Å². The number of likely N-dealkylation sites (tertiary alicyclic amines) is 1. The van der Waals surface area contributed by atoms with Gasteiger partial charge >= 0.3 is 5.97 Å². The van der Waals surface area contributed by atoms with Crippen molar-refractivity contribution in [2.75, 3.05) is 32.1 Å². The zero-order valence-corrected chi connectivity index (χ0v) is 13.8. The molecule has 8 nitrogen and oxygen atoms in total. The van der Waals surface area contributed by atoms with Crippen LogP contribution in [-0.2, 0) is 24.3 Å². The molecule has 0 aromatic rings. The predicted octanol–water partition coefficient (Wildman–Crippen LogP) is -0.346. The van der Waals surface area contributed by atoms with Crippen LogP contribution in [0.15, 0.2) is 0 Å². The molecular formula is C13H24N2O6S. The lowest BCUT2D eigenvalue weighted by molar-refractivity contribution is -0.148. The van der Waals surface area contributed by atoms with E-state index in [4.69, 9.17) is 9.84 Å². The average molecular weight is 336 g/mol. The number of carbonyl (C=O) groups excluding carboxylic acids is 1. The Hall–Kier alpha value is -1.19. The molecule has 128 valence electrons. The molecule has 0 aliphatic carbocycles. The molecule has 0 spiro atoms. The minimum Gasteiger partial charge on any atom is -0.481 e. The molecular weight excluding hydrogens is 312 g/mol. The van der Waals surface area contributed by atoms with Crippen molar-refractivity contribution in [3.63, 3.8) is 0 Å². The lowest BCUT2D eigenvalue weighted by atomic mass is 9.90. The maximum Gasteiger partial charge on any atom is 0.308 e. The Morgan fingerprint density at radius 1 is 1.41 bits per heavy atom. The molecule has 22 heavy (non-hydrogen) atoms. The summed E-state index contributed by atoms with van der Waals surface area (Å²) in [6, 6.07) is -0.438. The molecule has 1 amide bonds. The molecule has 9 heteroatoms. The van der Waals surface area contributed by atoms with Crippen LogP contribution in [0.1, 0.15) is 26.7 Å². The summed E-state index contributed by atoms with van der Waals surface area (Å²) < 4.78 is 30.6. The van der Waals surface area contributed by atoms with Crippen molar-refractivity contribution in [1.29, 1.82) is 0 Å². The highest BCUT2D eigenvalue weighted by molar-refractivity contribution is 7.89. The molecule has 2 atom stereocenters. The van der Waals surface area contributed by atoms with Crippen LogP contribution >= 0.6 is 0 Å². The van der Waals surface area contributed by atoms with Crippen molar-refractivity contribution in [3.05, 3.63) is 0 Å². The Morgan fingerprint density at radius 3 is 2.68 bits per heavy atom. The first kappa shape index (κ1) is 18.9. The van der Waals surface area contributed by atoms with E-state index < -0.39 is 33.9 Å². The highest BCUT2D eigenvalue weighted by Crippen LogP contribution is 2.23. The van der Waals surface area contributed by atoms with Crippen molar-refractivity contribution in [2.45, 2.75) is 32.7 Å². The summed E-state index contributed by atoms with van der Waals surface area (Å²) in [5.41, 5.74) is 0. The molecule has 1 saturated heterocycles. The normalized spacial score (nSPS) is 22.5. The Balaban J connectivity index is 2.52. The Morgan fingerprint density at radius 2 is 2.09 bits per heavy atom. The van der Waals surface area contributed by atoms with Gasteiger partial charge in [0.15, 0.2) is 0 Å². The first-order valence-corrected chi connectivity index (χ1v) is 9.01. The van der Waals surface area contributed by atoms with E-state index in [1.807, 2.05) is 0 Å². The molecule has 0 radical (unpaired) electrons. The van der Waals surface area contributed by atoms with Gasteiger partial charge in [-0.15, -0.1) is 0 Å². The summed E-state index contributed by atoms with van der Waals surface area (Å²) in [7, 11) is -3.57. The maximum absolute atomic E-state index is 12.1. The second-order valence-corrected chi connectivity index (χ2v) is 7.18. The summed E-state index contributed by atoms with van der Waals surface area (Å²) in [6.07, 6.45) is 1.13. The maximum atomic E-state index is 12.1. The molecule has 1 heterocycles. The molecule has 0 unspecified atom stereocenters. The van der Waals surface area contributed by atoms with Crippen molar-refractivity contribution in [2.24, 2.45) is 5.92 Å². The molecule has 1 aliphatic rings. The van der Waals surface area contributed by atoms with Crippen LogP contribution in [0, 0.1) is 5.92 Å². The highest BCUT2D eigenvalue weighted by atomic mass is 32.2. The molecule has 1 rings (SSSR count). The van der Waals surface area contributed by atoms with Gasteiger partial charge < -0.3 is 14.7 Å². The van der Waals surface area contributed by atoms with E-state index in [-0.39, 0.29) is 18.9 Å². The Labute approximate surface area is 130 Å². The molecule has 1 fully saturated rings. The summed E-state index contributed by atoms with van der Waals surface area (Å²) in [5, 5.41) is 9.12. The highest BCUT2D eigenvalue weighted by Gasteiger charge is 2.35. The van der Waals surface area contributed by atoms with Gasteiger partial charge in [-0.2, -0.15) is 0 Å². The minimum atomic E-state index is -3.57.